The summed E-state index contributed by atoms with van der Waals surface area (Å²) in [6.45, 7) is 2.26. The molecule has 0 aromatic carbocycles. The molecule has 0 aliphatic carbocycles. The normalized spacial score (nSPS) is 16.9. The van der Waals surface area contributed by atoms with E-state index in [2.05, 4.69) is 5.32 Å². The lowest BCUT2D eigenvalue weighted by molar-refractivity contribution is -0.186. The molecule has 20 heavy (non-hydrogen) atoms. The van der Waals surface area contributed by atoms with Crippen molar-refractivity contribution in [1.29, 1.82) is 0 Å². The van der Waals surface area contributed by atoms with E-state index in [9.17, 15) is 22.8 Å². The second-order valence-corrected chi connectivity index (χ2v) is 4.70. The number of hydrogen-bond acceptors (Lipinski definition) is 3. The van der Waals surface area contributed by atoms with E-state index in [-0.39, 0.29) is 19.1 Å². The minimum atomic E-state index is -4.83. The number of ether oxygens (including phenoxy) is 1. The lowest BCUT2D eigenvalue weighted by atomic mass is 10.1. The second-order valence-electron chi connectivity index (χ2n) is 4.70. The van der Waals surface area contributed by atoms with Crippen LogP contribution in [-0.2, 0) is 9.53 Å². The first kappa shape index (κ1) is 16.6. The van der Waals surface area contributed by atoms with E-state index in [4.69, 9.17) is 4.74 Å². The molecule has 1 heterocycles. The van der Waals surface area contributed by atoms with Crippen LogP contribution in [0.15, 0.2) is 0 Å². The number of alkyl carbamates (subject to hydrolysis) is 1. The zero-order chi connectivity index (χ0) is 15.2. The van der Waals surface area contributed by atoms with E-state index in [0.29, 0.717) is 19.4 Å². The average Bonchev–Trinajstić information content (AvgIpc) is 2.38. The van der Waals surface area contributed by atoms with E-state index in [1.165, 1.54) is 0 Å². The predicted octanol–water partition coefficient (Wildman–Crippen LogP) is 2.07. The standard InChI is InChI=1S/C12H19F3N2O3/c1-2-3-8-20-11(19)16-9-4-6-17(7-5-9)10(18)12(13,14)15/h9H,2-8H2,1H3,(H,16,19). The molecule has 1 N–H and O–H groups in total. The van der Waals surface area contributed by atoms with Crippen LogP contribution < -0.4 is 5.32 Å². The molecule has 1 fully saturated rings. The Morgan fingerprint density at radius 2 is 1.90 bits per heavy atom. The highest BCUT2D eigenvalue weighted by atomic mass is 19.4. The number of amides is 2. The number of unbranched alkanes of at least 4 members (excludes halogenated alkanes) is 1. The highest BCUT2D eigenvalue weighted by molar-refractivity contribution is 5.82. The third kappa shape index (κ3) is 5.26. The number of likely N-dealkylation sites (tertiary alicyclic amines) is 1. The Bertz CT molecular complexity index is 339. The van der Waals surface area contributed by atoms with Crippen molar-refractivity contribution in [2.75, 3.05) is 19.7 Å². The molecule has 2 amide bonds. The predicted molar refractivity (Wildman–Crippen MR) is 65.0 cm³/mol. The van der Waals surface area contributed by atoms with E-state index in [1.807, 2.05) is 6.92 Å². The van der Waals surface area contributed by atoms with Gasteiger partial charge in [-0.05, 0) is 19.3 Å². The first-order valence-electron chi connectivity index (χ1n) is 6.64. The van der Waals surface area contributed by atoms with Crippen LogP contribution in [0.1, 0.15) is 32.6 Å². The molecule has 0 unspecified atom stereocenters. The fourth-order valence-electron chi connectivity index (χ4n) is 1.92. The molecule has 0 aromatic rings. The van der Waals surface area contributed by atoms with Crippen LogP contribution in [0.3, 0.4) is 0 Å². The molecule has 116 valence electrons. The quantitative estimate of drug-likeness (QED) is 0.808. The molecule has 1 rings (SSSR count). The van der Waals surface area contributed by atoms with Gasteiger partial charge in [0.05, 0.1) is 6.61 Å². The molecule has 0 aromatic heterocycles. The summed E-state index contributed by atoms with van der Waals surface area (Å²) in [6, 6.07) is -0.249. The van der Waals surface area contributed by atoms with Gasteiger partial charge >= 0.3 is 18.2 Å². The smallest absolute Gasteiger partial charge is 0.450 e. The molecule has 8 heteroatoms. The van der Waals surface area contributed by atoms with Gasteiger partial charge in [-0.15, -0.1) is 0 Å². The molecule has 0 spiro atoms. The van der Waals surface area contributed by atoms with Gasteiger partial charge in [0.2, 0.25) is 0 Å². The van der Waals surface area contributed by atoms with Crippen LogP contribution in [0.4, 0.5) is 18.0 Å². The van der Waals surface area contributed by atoms with E-state index < -0.39 is 18.2 Å². The summed E-state index contributed by atoms with van der Waals surface area (Å²) in [5, 5.41) is 2.60. The molecule has 1 saturated heterocycles. The van der Waals surface area contributed by atoms with Crippen molar-refractivity contribution in [3.8, 4) is 0 Å². The van der Waals surface area contributed by atoms with E-state index in [1.54, 1.807) is 0 Å². The minimum Gasteiger partial charge on any atom is -0.450 e. The van der Waals surface area contributed by atoms with E-state index in [0.717, 1.165) is 17.7 Å². The first-order valence-corrected chi connectivity index (χ1v) is 6.64. The maximum absolute atomic E-state index is 12.2. The summed E-state index contributed by atoms with van der Waals surface area (Å²) in [5.41, 5.74) is 0. The Morgan fingerprint density at radius 3 is 2.40 bits per heavy atom. The second kappa shape index (κ2) is 7.35. The van der Waals surface area contributed by atoms with Crippen LogP contribution in [0.2, 0.25) is 0 Å². The van der Waals surface area contributed by atoms with Gasteiger partial charge in [-0.3, -0.25) is 4.79 Å². The number of carbonyl (C=O) groups is 2. The van der Waals surface area contributed by atoms with Crippen molar-refractivity contribution in [3.63, 3.8) is 0 Å². The number of alkyl halides is 3. The van der Waals surface area contributed by atoms with Crippen LogP contribution in [0, 0.1) is 0 Å². The van der Waals surface area contributed by atoms with Crippen molar-refractivity contribution < 1.29 is 27.5 Å². The highest BCUT2D eigenvalue weighted by Gasteiger charge is 2.43. The number of rotatable bonds is 4. The molecule has 5 nitrogen and oxygen atoms in total. The fraction of sp³-hybridized carbons (Fsp3) is 0.833. The number of hydrogen-bond donors (Lipinski definition) is 1. The number of halogens is 3. The van der Waals surface area contributed by atoms with Gasteiger partial charge in [0, 0.05) is 19.1 Å². The maximum Gasteiger partial charge on any atom is 0.471 e. The van der Waals surface area contributed by atoms with Crippen LogP contribution in [-0.4, -0.2) is 48.8 Å². The Labute approximate surface area is 115 Å². The monoisotopic (exact) mass is 296 g/mol. The Balaban J connectivity index is 2.28. The summed E-state index contributed by atoms with van der Waals surface area (Å²) in [7, 11) is 0. The minimum absolute atomic E-state index is 0.0156. The van der Waals surface area contributed by atoms with Crippen molar-refractivity contribution in [3.05, 3.63) is 0 Å². The Morgan fingerprint density at radius 1 is 1.30 bits per heavy atom. The average molecular weight is 296 g/mol. The lowest BCUT2D eigenvalue weighted by Gasteiger charge is -2.32. The first-order chi connectivity index (χ1) is 9.34. The van der Waals surface area contributed by atoms with Gasteiger partial charge in [-0.1, -0.05) is 13.3 Å². The van der Waals surface area contributed by atoms with Gasteiger partial charge in [-0.25, -0.2) is 4.79 Å². The lowest BCUT2D eigenvalue weighted by Crippen LogP contribution is -2.50. The fourth-order valence-corrected chi connectivity index (χ4v) is 1.92. The van der Waals surface area contributed by atoms with Gasteiger partial charge < -0.3 is 15.0 Å². The zero-order valence-electron chi connectivity index (χ0n) is 11.3. The number of nitrogens with zero attached hydrogens (tertiary/aromatic N) is 1. The molecular weight excluding hydrogens is 277 g/mol. The topological polar surface area (TPSA) is 58.6 Å². The third-order valence-electron chi connectivity index (χ3n) is 3.08. The molecular formula is C12H19F3N2O3. The highest BCUT2D eigenvalue weighted by Crippen LogP contribution is 2.21. The summed E-state index contributed by atoms with van der Waals surface area (Å²) in [6.07, 6.45) is -3.12. The SMILES string of the molecule is CCCCOC(=O)NC1CCN(C(=O)C(F)(F)F)CC1. The summed E-state index contributed by atoms with van der Waals surface area (Å²) in [5.74, 6) is -1.82. The third-order valence-corrected chi connectivity index (χ3v) is 3.08. The Hall–Kier alpha value is -1.47. The molecule has 0 atom stereocenters. The summed E-state index contributed by atoms with van der Waals surface area (Å²) < 4.78 is 41.6. The number of piperidine rings is 1. The molecule has 1 aliphatic rings. The largest absolute Gasteiger partial charge is 0.471 e. The van der Waals surface area contributed by atoms with Crippen LogP contribution >= 0.6 is 0 Å². The van der Waals surface area contributed by atoms with Crippen LogP contribution in [0.25, 0.3) is 0 Å². The molecule has 0 radical (unpaired) electrons. The summed E-state index contributed by atoms with van der Waals surface area (Å²) in [4.78, 5) is 23.1. The van der Waals surface area contributed by atoms with E-state index >= 15 is 0 Å². The number of carbonyl (C=O) groups excluding carboxylic acids is 2. The van der Waals surface area contributed by atoms with Gasteiger partial charge in [0.25, 0.3) is 0 Å². The van der Waals surface area contributed by atoms with Crippen molar-refractivity contribution in [2.24, 2.45) is 0 Å². The zero-order valence-corrected chi connectivity index (χ0v) is 11.3. The summed E-state index contributed by atoms with van der Waals surface area (Å²) >= 11 is 0. The molecule has 1 aliphatic heterocycles. The van der Waals surface area contributed by atoms with Crippen molar-refractivity contribution >= 4 is 12.0 Å². The van der Waals surface area contributed by atoms with Crippen molar-refractivity contribution in [1.82, 2.24) is 10.2 Å². The maximum atomic E-state index is 12.2. The molecule has 0 bridgehead atoms. The van der Waals surface area contributed by atoms with Gasteiger partial charge in [0.1, 0.15) is 0 Å². The van der Waals surface area contributed by atoms with Crippen molar-refractivity contribution in [2.45, 2.75) is 44.8 Å². The van der Waals surface area contributed by atoms with Gasteiger partial charge in [-0.2, -0.15) is 13.2 Å². The number of nitrogens with one attached hydrogen (secondary N) is 1. The molecule has 0 saturated carbocycles. The van der Waals surface area contributed by atoms with Gasteiger partial charge in [0.15, 0.2) is 0 Å². The van der Waals surface area contributed by atoms with Crippen LogP contribution in [0.5, 0.6) is 0 Å². The Kier molecular flexibility index (Phi) is 6.09.